The Bertz CT molecular complexity index is 1510. The van der Waals surface area contributed by atoms with Gasteiger partial charge in [-0.25, -0.2) is 15.0 Å². The zero-order valence-corrected chi connectivity index (χ0v) is 24.0. The second-order valence-corrected chi connectivity index (χ2v) is 11.0. The van der Waals surface area contributed by atoms with Gasteiger partial charge in [0.15, 0.2) is 5.82 Å². The zero-order valence-electron chi connectivity index (χ0n) is 24.0. The lowest BCUT2D eigenvalue weighted by Gasteiger charge is -2.37. The van der Waals surface area contributed by atoms with Crippen molar-refractivity contribution in [2.45, 2.75) is 44.2 Å². The summed E-state index contributed by atoms with van der Waals surface area (Å²) in [5.74, 6) is 1.62. The molecule has 0 bridgehead atoms. The number of nitrogens with zero attached hydrogens (tertiary/aromatic N) is 5. The van der Waals surface area contributed by atoms with Crippen LogP contribution in [-0.4, -0.2) is 62.3 Å². The van der Waals surface area contributed by atoms with Crippen molar-refractivity contribution in [1.82, 2.24) is 35.1 Å². The third-order valence-corrected chi connectivity index (χ3v) is 8.29. The highest BCUT2D eigenvalue weighted by molar-refractivity contribution is 5.84. The summed E-state index contributed by atoms with van der Waals surface area (Å²) in [5, 5.41) is 2.95. The van der Waals surface area contributed by atoms with Gasteiger partial charge in [-0.2, -0.15) is 0 Å². The van der Waals surface area contributed by atoms with Gasteiger partial charge in [0.05, 0.1) is 23.6 Å². The molecule has 2 aliphatic rings. The van der Waals surface area contributed by atoms with E-state index in [1.165, 1.54) is 6.42 Å². The summed E-state index contributed by atoms with van der Waals surface area (Å²) in [6.45, 7) is 2.65. The van der Waals surface area contributed by atoms with E-state index in [2.05, 4.69) is 37.3 Å². The molecule has 4 N–H and O–H groups in total. The Morgan fingerprint density at radius 2 is 1.67 bits per heavy atom. The molecular weight excluding hydrogens is 524 g/mol. The van der Waals surface area contributed by atoms with Crippen molar-refractivity contribution >= 4 is 11.6 Å². The van der Waals surface area contributed by atoms with E-state index < -0.39 is 0 Å². The first-order chi connectivity index (χ1) is 20.6. The first kappa shape index (κ1) is 27.7. The van der Waals surface area contributed by atoms with Gasteiger partial charge in [0, 0.05) is 43.3 Å². The number of piperidine rings is 1. The maximum Gasteiger partial charge on any atom is 0.245 e. The largest absolute Gasteiger partial charge is 0.397 e. The summed E-state index contributed by atoms with van der Waals surface area (Å²) < 4.78 is 0. The van der Waals surface area contributed by atoms with Crippen molar-refractivity contribution in [2.24, 2.45) is 5.73 Å². The topological polar surface area (TPSA) is 116 Å². The minimum atomic E-state index is -0.257. The van der Waals surface area contributed by atoms with Crippen LogP contribution in [-0.2, 0) is 4.79 Å². The van der Waals surface area contributed by atoms with Crippen LogP contribution >= 0.6 is 0 Å². The van der Waals surface area contributed by atoms with Crippen molar-refractivity contribution in [3.05, 3.63) is 96.3 Å². The third-order valence-electron chi connectivity index (χ3n) is 8.29. The number of carbonyl (C=O) groups excluding carboxylic acids is 1. The van der Waals surface area contributed by atoms with Gasteiger partial charge in [0.25, 0.3) is 0 Å². The quantitative estimate of drug-likeness (QED) is 0.280. The Morgan fingerprint density at radius 1 is 0.929 bits per heavy atom. The number of carbonyl (C=O) groups is 1. The highest BCUT2D eigenvalue weighted by Gasteiger charge is 2.38. The number of rotatable bonds is 8. The zero-order chi connectivity index (χ0) is 28.9. The average Bonchev–Trinajstić information content (AvgIpc) is 3.73. The number of aromatic amines is 1. The number of hydrogen-bond acceptors (Lipinski definition) is 7. The molecule has 9 heteroatoms. The fraction of sp³-hybridized carbons (Fsp3) is 0.333. The van der Waals surface area contributed by atoms with Gasteiger partial charge >= 0.3 is 0 Å². The summed E-state index contributed by atoms with van der Waals surface area (Å²) in [5.41, 5.74) is 11.3. The molecule has 42 heavy (non-hydrogen) atoms. The summed E-state index contributed by atoms with van der Waals surface area (Å²) in [7, 11) is 1.82. The number of aromatic nitrogens is 4. The number of hydrogen-bond donors (Lipinski definition) is 3. The minimum absolute atomic E-state index is 0.0784. The van der Waals surface area contributed by atoms with Gasteiger partial charge in [-0.1, -0.05) is 61.0 Å². The summed E-state index contributed by atoms with van der Waals surface area (Å²) in [6.07, 6.45) is 12.5. The van der Waals surface area contributed by atoms with E-state index in [-0.39, 0.29) is 18.0 Å². The van der Waals surface area contributed by atoms with Crippen LogP contribution < -0.4 is 11.1 Å². The second kappa shape index (κ2) is 12.6. The van der Waals surface area contributed by atoms with Crippen molar-refractivity contribution in [3.63, 3.8) is 0 Å². The second-order valence-electron chi connectivity index (χ2n) is 11.0. The third kappa shape index (κ3) is 5.78. The van der Waals surface area contributed by atoms with E-state index in [0.717, 1.165) is 79.1 Å². The maximum absolute atomic E-state index is 14.2. The number of amides is 1. The molecule has 0 saturated carbocycles. The number of nitrogens with one attached hydrogen (secondary N) is 2. The Balaban J connectivity index is 1.19. The molecule has 2 atom stereocenters. The normalized spacial score (nSPS) is 18.6. The maximum atomic E-state index is 14.2. The molecule has 4 aromatic rings. The molecule has 0 unspecified atom stereocenters. The highest BCUT2D eigenvalue weighted by atomic mass is 16.2. The van der Waals surface area contributed by atoms with E-state index in [1.807, 2.05) is 73.0 Å². The summed E-state index contributed by atoms with van der Waals surface area (Å²) in [4.78, 5) is 36.0. The fourth-order valence-corrected chi connectivity index (χ4v) is 6.11. The van der Waals surface area contributed by atoms with Gasteiger partial charge in [0.1, 0.15) is 11.9 Å². The molecule has 9 nitrogen and oxygen atoms in total. The highest BCUT2D eigenvalue weighted by Crippen LogP contribution is 2.36. The van der Waals surface area contributed by atoms with Crippen LogP contribution in [0.3, 0.4) is 0 Å². The number of likely N-dealkylation sites (tertiary alicyclic amines) is 2. The van der Waals surface area contributed by atoms with Crippen LogP contribution in [0.2, 0.25) is 0 Å². The van der Waals surface area contributed by atoms with Crippen LogP contribution in [0.5, 0.6) is 0 Å². The van der Waals surface area contributed by atoms with Crippen LogP contribution in [0.25, 0.3) is 28.3 Å². The lowest BCUT2D eigenvalue weighted by Crippen LogP contribution is -2.44. The molecule has 6 rings (SSSR count). The monoisotopic (exact) mass is 562 g/mol. The Labute approximate surface area is 246 Å². The van der Waals surface area contributed by atoms with Crippen molar-refractivity contribution in [3.8, 4) is 22.6 Å². The molecule has 1 amide bonds. The Morgan fingerprint density at radius 3 is 2.38 bits per heavy atom. The summed E-state index contributed by atoms with van der Waals surface area (Å²) >= 11 is 0. The first-order valence-electron chi connectivity index (χ1n) is 14.8. The summed E-state index contributed by atoms with van der Waals surface area (Å²) in [6, 6.07) is 17.7. The molecule has 2 fully saturated rings. The van der Waals surface area contributed by atoms with Gasteiger partial charge in [0.2, 0.25) is 5.91 Å². The predicted octanol–water partition coefficient (Wildman–Crippen LogP) is 4.90. The predicted molar refractivity (Wildman–Crippen MR) is 165 cm³/mol. The smallest absolute Gasteiger partial charge is 0.245 e. The van der Waals surface area contributed by atoms with E-state index >= 15 is 0 Å². The van der Waals surface area contributed by atoms with Crippen molar-refractivity contribution in [1.29, 1.82) is 0 Å². The molecule has 2 aliphatic heterocycles. The van der Waals surface area contributed by atoms with Crippen LogP contribution in [0.15, 0.2) is 79.4 Å². The SMILES string of the molecule is CN/C=C(\N)c1ccc(-c2ncc(-c3cnc([C@@H]4CCCN4C(=O)[C@@H](c4ccccc4)N4CCCCC4)[nH]3)cn2)cc1. The molecule has 0 spiro atoms. The van der Waals surface area contributed by atoms with Crippen molar-refractivity contribution < 1.29 is 4.79 Å². The minimum Gasteiger partial charge on any atom is -0.397 e. The first-order valence-corrected chi connectivity index (χ1v) is 14.8. The van der Waals surface area contributed by atoms with Gasteiger partial charge < -0.3 is 20.9 Å². The van der Waals surface area contributed by atoms with Gasteiger partial charge in [-0.15, -0.1) is 0 Å². The molecule has 4 heterocycles. The Kier molecular flexibility index (Phi) is 8.28. The number of nitrogens with two attached hydrogens (primary N) is 1. The Hall–Kier alpha value is -4.50. The lowest BCUT2D eigenvalue weighted by molar-refractivity contribution is -0.139. The lowest BCUT2D eigenvalue weighted by atomic mass is 10.00. The van der Waals surface area contributed by atoms with Gasteiger partial charge in [-0.3, -0.25) is 9.69 Å². The van der Waals surface area contributed by atoms with Crippen LogP contribution in [0, 0.1) is 0 Å². The molecule has 0 aliphatic carbocycles. The molecule has 216 valence electrons. The van der Waals surface area contributed by atoms with E-state index in [9.17, 15) is 4.79 Å². The molecule has 2 aromatic carbocycles. The molecule has 0 radical (unpaired) electrons. The molecule has 2 saturated heterocycles. The van der Waals surface area contributed by atoms with Crippen LogP contribution in [0.4, 0.5) is 0 Å². The molecule has 2 aromatic heterocycles. The molecular formula is C33H38N8O. The van der Waals surface area contributed by atoms with E-state index in [4.69, 9.17) is 10.7 Å². The average molecular weight is 563 g/mol. The van der Waals surface area contributed by atoms with Gasteiger partial charge in [-0.05, 0) is 49.9 Å². The van der Waals surface area contributed by atoms with Crippen LogP contribution in [0.1, 0.15) is 61.1 Å². The van der Waals surface area contributed by atoms with E-state index in [0.29, 0.717) is 11.5 Å². The number of H-pyrrole nitrogens is 1. The number of benzene rings is 2. The standard InChI is InChI=1S/C33H38N8O/c1-35-21-27(34)23-12-14-25(15-13-23)31-36-19-26(20-37-31)28-22-38-32(39-28)29-11-8-18-41(29)33(42)30(24-9-4-2-5-10-24)40-16-6-3-7-17-40/h2,4-5,9-10,12-15,19-22,29-30,35H,3,6-8,11,16-18,34H2,1H3,(H,38,39)/b27-21-/t29-,30+/m0/s1. The van der Waals surface area contributed by atoms with Crippen molar-refractivity contribution in [2.75, 3.05) is 26.7 Å². The number of imidazole rings is 1. The van der Waals surface area contributed by atoms with E-state index in [1.54, 1.807) is 6.20 Å². The fourth-order valence-electron chi connectivity index (χ4n) is 6.11.